The highest BCUT2D eigenvalue weighted by Crippen LogP contribution is 2.16. The van der Waals surface area contributed by atoms with Gasteiger partial charge < -0.3 is 15.0 Å². The zero-order valence-electron chi connectivity index (χ0n) is 12.8. The molecule has 114 valence electrons. The van der Waals surface area contributed by atoms with Crippen LogP contribution in [0.3, 0.4) is 0 Å². The summed E-state index contributed by atoms with van der Waals surface area (Å²) in [7, 11) is 0. The van der Waals surface area contributed by atoms with Crippen molar-refractivity contribution in [3.8, 4) is 0 Å². The van der Waals surface area contributed by atoms with Crippen LogP contribution in [0.4, 0.5) is 0 Å². The molecule has 1 aromatic heterocycles. The highest BCUT2D eigenvalue weighted by atomic mass is 16.3. The van der Waals surface area contributed by atoms with E-state index < -0.39 is 0 Å². The summed E-state index contributed by atoms with van der Waals surface area (Å²) in [5.41, 5.74) is 0.837. The Balaban J connectivity index is 1.95. The average molecular weight is 288 g/mol. The third-order valence-electron chi connectivity index (χ3n) is 4.15. The number of carbonyl (C=O) groups excluding carboxylic acids is 1. The SMILES string of the molecule is CCC(C)(CCO)NC(=O)CCn1ccc2ccccc21. The fourth-order valence-electron chi connectivity index (χ4n) is 2.53. The first-order chi connectivity index (χ1) is 10.1. The molecule has 2 N–H and O–H groups in total. The molecule has 1 unspecified atom stereocenters. The Morgan fingerprint density at radius 2 is 2.10 bits per heavy atom. The number of nitrogens with one attached hydrogen (secondary N) is 1. The molecule has 0 fully saturated rings. The Hall–Kier alpha value is -1.81. The minimum atomic E-state index is -0.315. The lowest BCUT2D eigenvalue weighted by atomic mass is 9.95. The van der Waals surface area contributed by atoms with Gasteiger partial charge in [0.1, 0.15) is 0 Å². The maximum atomic E-state index is 12.1. The molecular formula is C17H24N2O2. The third kappa shape index (κ3) is 3.85. The summed E-state index contributed by atoms with van der Waals surface area (Å²) in [4.78, 5) is 12.1. The summed E-state index contributed by atoms with van der Waals surface area (Å²) in [6.45, 7) is 4.76. The number of para-hydroxylation sites is 1. The van der Waals surface area contributed by atoms with Gasteiger partial charge in [0.15, 0.2) is 0 Å². The average Bonchev–Trinajstić information content (AvgIpc) is 2.88. The number of amides is 1. The molecule has 1 amide bonds. The highest BCUT2D eigenvalue weighted by Gasteiger charge is 2.23. The lowest BCUT2D eigenvalue weighted by Crippen LogP contribution is -2.46. The van der Waals surface area contributed by atoms with Crippen LogP contribution in [0, 0.1) is 0 Å². The largest absolute Gasteiger partial charge is 0.396 e. The number of hydrogen-bond acceptors (Lipinski definition) is 2. The number of nitrogens with zero attached hydrogens (tertiary/aromatic N) is 1. The number of carbonyl (C=O) groups is 1. The van der Waals surface area contributed by atoms with E-state index in [0.717, 1.165) is 11.9 Å². The Kier molecular flexibility index (Phi) is 5.02. The number of aliphatic hydroxyl groups excluding tert-OH is 1. The lowest BCUT2D eigenvalue weighted by molar-refractivity contribution is -0.123. The maximum absolute atomic E-state index is 12.1. The van der Waals surface area contributed by atoms with Crippen LogP contribution < -0.4 is 5.32 Å². The van der Waals surface area contributed by atoms with Crippen molar-refractivity contribution in [1.82, 2.24) is 9.88 Å². The predicted molar refractivity (Wildman–Crippen MR) is 85.1 cm³/mol. The minimum Gasteiger partial charge on any atom is -0.396 e. The normalized spacial score (nSPS) is 14.0. The van der Waals surface area contributed by atoms with Gasteiger partial charge in [-0.05, 0) is 37.3 Å². The Bertz CT molecular complexity index is 606. The van der Waals surface area contributed by atoms with Crippen LogP contribution in [-0.4, -0.2) is 27.7 Å². The topological polar surface area (TPSA) is 54.3 Å². The molecule has 4 heteroatoms. The van der Waals surface area contributed by atoms with Crippen LogP contribution in [0.25, 0.3) is 10.9 Å². The van der Waals surface area contributed by atoms with E-state index in [9.17, 15) is 4.79 Å². The van der Waals surface area contributed by atoms with Crippen LogP contribution in [-0.2, 0) is 11.3 Å². The number of aromatic nitrogens is 1. The second-order valence-electron chi connectivity index (χ2n) is 5.75. The molecule has 0 radical (unpaired) electrons. The van der Waals surface area contributed by atoms with E-state index in [-0.39, 0.29) is 18.1 Å². The Morgan fingerprint density at radius 1 is 1.33 bits per heavy atom. The van der Waals surface area contributed by atoms with Crippen LogP contribution in [0.5, 0.6) is 0 Å². The van der Waals surface area contributed by atoms with Gasteiger partial charge in [0.2, 0.25) is 5.91 Å². The molecule has 1 aromatic carbocycles. The second-order valence-corrected chi connectivity index (χ2v) is 5.75. The lowest BCUT2D eigenvalue weighted by Gasteiger charge is -2.29. The van der Waals surface area contributed by atoms with Gasteiger partial charge in [-0.2, -0.15) is 0 Å². The van der Waals surface area contributed by atoms with E-state index in [1.807, 2.05) is 32.2 Å². The van der Waals surface area contributed by atoms with E-state index >= 15 is 0 Å². The summed E-state index contributed by atoms with van der Waals surface area (Å²) in [6.07, 6.45) is 3.86. The van der Waals surface area contributed by atoms with Crippen molar-refractivity contribution in [2.45, 2.75) is 45.2 Å². The Labute approximate surface area is 125 Å². The van der Waals surface area contributed by atoms with Crippen molar-refractivity contribution in [1.29, 1.82) is 0 Å². The van der Waals surface area contributed by atoms with E-state index in [1.165, 1.54) is 5.39 Å². The van der Waals surface area contributed by atoms with Gasteiger partial charge in [-0.3, -0.25) is 4.79 Å². The molecule has 4 nitrogen and oxygen atoms in total. The number of hydrogen-bond donors (Lipinski definition) is 2. The van der Waals surface area contributed by atoms with E-state index in [0.29, 0.717) is 19.4 Å². The Morgan fingerprint density at radius 3 is 2.81 bits per heavy atom. The minimum absolute atomic E-state index is 0.0329. The van der Waals surface area contributed by atoms with Gasteiger partial charge in [0.25, 0.3) is 0 Å². The highest BCUT2D eigenvalue weighted by molar-refractivity contribution is 5.80. The second kappa shape index (κ2) is 6.76. The molecule has 0 spiro atoms. The van der Waals surface area contributed by atoms with Crippen LogP contribution in [0.15, 0.2) is 36.5 Å². The molecule has 1 heterocycles. The summed E-state index contributed by atoms with van der Waals surface area (Å²) < 4.78 is 2.10. The van der Waals surface area contributed by atoms with Gasteiger partial charge in [0, 0.05) is 36.8 Å². The number of fused-ring (bicyclic) bond motifs is 1. The molecule has 0 bridgehead atoms. The van der Waals surface area contributed by atoms with Crippen molar-refractivity contribution in [3.05, 3.63) is 36.5 Å². The molecule has 0 saturated carbocycles. The number of aliphatic hydroxyl groups is 1. The zero-order valence-corrected chi connectivity index (χ0v) is 12.8. The summed E-state index contributed by atoms with van der Waals surface area (Å²) >= 11 is 0. The summed E-state index contributed by atoms with van der Waals surface area (Å²) in [6, 6.07) is 10.2. The molecule has 1 atom stereocenters. The van der Waals surface area contributed by atoms with Crippen LogP contribution in [0.1, 0.15) is 33.1 Å². The molecule has 2 rings (SSSR count). The molecule has 2 aromatic rings. The standard InChI is InChI=1S/C17H24N2O2/c1-3-17(2,10-13-20)18-16(21)9-12-19-11-8-14-6-4-5-7-15(14)19/h4-8,11,20H,3,9-10,12-13H2,1-2H3,(H,18,21). The first-order valence-corrected chi connectivity index (χ1v) is 7.54. The molecule has 0 aliphatic carbocycles. The van der Waals surface area contributed by atoms with Crippen molar-refractivity contribution in [2.24, 2.45) is 0 Å². The first kappa shape index (κ1) is 15.6. The molecule has 0 saturated heterocycles. The molecular weight excluding hydrogens is 264 g/mol. The molecule has 0 aliphatic heterocycles. The van der Waals surface area contributed by atoms with Crippen LogP contribution >= 0.6 is 0 Å². The van der Waals surface area contributed by atoms with Gasteiger partial charge in [-0.25, -0.2) is 0 Å². The monoisotopic (exact) mass is 288 g/mol. The van der Waals surface area contributed by atoms with Crippen molar-refractivity contribution in [2.75, 3.05) is 6.61 Å². The molecule has 0 aliphatic rings. The number of benzene rings is 1. The summed E-state index contributed by atoms with van der Waals surface area (Å²) in [5, 5.41) is 13.3. The van der Waals surface area contributed by atoms with Gasteiger partial charge in [0.05, 0.1) is 0 Å². The quantitative estimate of drug-likeness (QED) is 0.823. The maximum Gasteiger partial charge on any atom is 0.222 e. The van der Waals surface area contributed by atoms with E-state index in [2.05, 4.69) is 28.1 Å². The molecule has 21 heavy (non-hydrogen) atoms. The van der Waals surface area contributed by atoms with Crippen molar-refractivity contribution < 1.29 is 9.90 Å². The number of rotatable bonds is 7. The fourth-order valence-corrected chi connectivity index (χ4v) is 2.53. The third-order valence-corrected chi connectivity index (χ3v) is 4.15. The first-order valence-electron chi connectivity index (χ1n) is 7.54. The van der Waals surface area contributed by atoms with E-state index in [4.69, 9.17) is 5.11 Å². The van der Waals surface area contributed by atoms with Crippen molar-refractivity contribution in [3.63, 3.8) is 0 Å². The summed E-state index contributed by atoms with van der Waals surface area (Å²) in [5.74, 6) is 0.0329. The predicted octanol–water partition coefficient (Wildman–Crippen LogP) is 2.70. The van der Waals surface area contributed by atoms with E-state index in [1.54, 1.807) is 0 Å². The van der Waals surface area contributed by atoms with Gasteiger partial charge in [-0.1, -0.05) is 25.1 Å². The van der Waals surface area contributed by atoms with Gasteiger partial charge >= 0.3 is 0 Å². The number of aryl methyl sites for hydroxylation is 1. The fraction of sp³-hybridized carbons (Fsp3) is 0.471. The smallest absolute Gasteiger partial charge is 0.222 e. The van der Waals surface area contributed by atoms with Crippen LogP contribution in [0.2, 0.25) is 0 Å². The van der Waals surface area contributed by atoms with Crippen molar-refractivity contribution >= 4 is 16.8 Å². The zero-order chi connectivity index (χ0) is 15.3. The van der Waals surface area contributed by atoms with Gasteiger partial charge in [-0.15, -0.1) is 0 Å².